The molecule has 0 amide bonds. The summed E-state index contributed by atoms with van der Waals surface area (Å²) < 4.78 is 18.6. The molecule has 0 aliphatic heterocycles. The number of ether oxygens (including phenoxy) is 1. The maximum atomic E-state index is 13.4. The number of benzene rings is 1. The Morgan fingerprint density at radius 2 is 2.13 bits per heavy atom. The monoisotopic (exact) mass is 213 g/mol. The summed E-state index contributed by atoms with van der Waals surface area (Å²) in [6.07, 6.45) is -0.568. The van der Waals surface area contributed by atoms with E-state index >= 15 is 0 Å². The van der Waals surface area contributed by atoms with Gasteiger partial charge in [-0.25, -0.2) is 4.39 Å². The van der Waals surface area contributed by atoms with Crippen LogP contribution >= 0.6 is 0 Å². The molecule has 4 heteroatoms. The number of aliphatic hydroxyl groups excluding tert-OH is 1. The van der Waals surface area contributed by atoms with Crippen LogP contribution in [0.4, 0.5) is 4.39 Å². The Balaban J connectivity index is 2.73. The number of hydrogen-bond donors (Lipinski definition) is 2. The fourth-order valence-electron chi connectivity index (χ4n) is 1.18. The summed E-state index contributed by atoms with van der Waals surface area (Å²) in [6, 6.07) is 4.18. The van der Waals surface area contributed by atoms with Gasteiger partial charge in [-0.15, -0.1) is 0 Å². The number of aliphatic hydroxyl groups is 1. The van der Waals surface area contributed by atoms with Crippen molar-refractivity contribution in [1.82, 2.24) is 0 Å². The average molecular weight is 213 g/mol. The lowest BCUT2D eigenvalue weighted by atomic mass is 10.1. The van der Waals surface area contributed by atoms with Gasteiger partial charge in [-0.1, -0.05) is 6.07 Å². The minimum Gasteiger partial charge on any atom is -0.491 e. The van der Waals surface area contributed by atoms with Crippen molar-refractivity contribution in [2.24, 2.45) is 5.73 Å². The molecule has 1 aromatic rings. The molecule has 2 atom stereocenters. The van der Waals surface area contributed by atoms with Gasteiger partial charge in [-0.3, -0.25) is 0 Å². The van der Waals surface area contributed by atoms with Crippen LogP contribution < -0.4 is 10.5 Å². The van der Waals surface area contributed by atoms with E-state index < -0.39 is 6.10 Å². The van der Waals surface area contributed by atoms with E-state index in [1.165, 1.54) is 6.07 Å². The molecule has 0 heterocycles. The lowest BCUT2D eigenvalue weighted by Crippen LogP contribution is -2.13. The molecule has 3 N–H and O–H groups in total. The molecule has 84 valence electrons. The molecular weight excluding hydrogens is 197 g/mol. The van der Waals surface area contributed by atoms with Crippen molar-refractivity contribution in [3.05, 3.63) is 29.6 Å². The van der Waals surface area contributed by atoms with Crippen molar-refractivity contribution < 1.29 is 14.2 Å². The fraction of sp³-hybridized carbons (Fsp3) is 0.455. The van der Waals surface area contributed by atoms with E-state index in [1.807, 2.05) is 0 Å². The van der Waals surface area contributed by atoms with Crippen LogP contribution in [0.1, 0.15) is 25.5 Å². The summed E-state index contributed by atoms with van der Waals surface area (Å²) in [4.78, 5) is 0. The summed E-state index contributed by atoms with van der Waals surface area (Å²) in [5.41, 5.74) is 6.02. The first-order valence-corrected chi connectivity index (χ1v) is 4.86. The molecule has 0 bridgehead atoms. The summed E-state index contributed by atoms with van der Waals surface area (Å²) in [7, 11) is 0. The number of hydrogen-bond acceptors (Lipinski definition) is 3. The van der Waals surface area contributed by atoms with Crippen LogP contribution in [0.15, 0.2) is 18.2 Å². The van der Waals surface area contributed by atoms with Gasteiger partial charge in [0.15, 0.2) is 0 Å². The van der Waals surface area contributed by atoms with Gasteiger partial charge in [0.05, 0.1) is 6.10 Å². The SMILES string of the molecule is CC(O)COc1ccc([C@H](C)N)c(F)c1. The Labute approximate surface area is 88.7 Å². The molecule has 0 radical (unpaired) electrons. The third-order valence-electron chi connectivity index (χ3n) is 1.95. The van der Waals surface area contributed by atoms with Crippen LogP contribution in [0.2, 0.25) is 0 Å². The Hall–Kier alpha value is -1.13. The molecule has 3 nitrogen and oxygen atoms in total. The van der Waals surface area contributed by atoms with E-state index in [0.29, 0.717) is 11.3 Å². The van der Waals surface area contributed by atoms with Gasteiger partial charge >= 0.3 is 0 Å². The normalized spacial score (nSPS) is 14.7. The molecule has 0 fully saturated rings. The second-order valence-corrected chi connectivity index (χ2v) is 3.63. The van der Waals surface area contributed by atoms with E-state index in [0.717, 1.165) is 0 Å². The first-order valence-electron chi connectivity index (χ1n) is 4.86. The molecule has 1 unspecified atom stereocenters. The average Bonchev–Trinajstić information content (AvgIpc) is 2.14. The summed E-state index contributed by atoms with van der Waals surface area (Å²) in [5.74, 6) is 0.0193. The van der Waals surface area contributed by atoms with Gasteiger partial charge in [0, 0.05) is 17.7 Å². The van der Waals surface area contributed by atoms with Crippen molar-refractivity contribution >= 4 is 0 Å². The minimum atomic E-state index is -0.568. The molecule has 1 aromatic carbocycles. The van der Waals surface area contributed by atoms with Gasteiger partial charge < -0.3 is 15.6 Å². The van der Waals surface area contributed by atoms with Crippen LogP contribution in [-0.2, 0) is 0 Å². The van der Waals surface area contributed by atoms with Gasteiger partial charge in [0.2, 0.25) is 0 Å². The highest BCUT2D eigenvalue weighted by Gasteiger charge is 2.08. The molecule has 0 saturated heterocycles. The molecule has 0 aromatic heterocycles. The zero-order valence-corrected chi connectivity index (χ0v) is 8.90. The topological polar surface area (TPSA) is 55.5 Å². The largest absolute Gasteiger partial charge is 0.491 e. The standard InChI is InChI=1S/C11H16FNO2/c1-7(14)6-15-9-3-4-10(8(2)13)11(12)5-9/h3-5,7-8,14H,6,13H2,1-2H3/t7?,8-/m0/s1. The Morgan fingerprint density at radius 3 is 2.60 bits per heavy atom. The lowest BCUT2D eigenvalue weighted by Gasteiger charge is -2.11. The van der Waals surface area contributed by atoms with Gasteiger partial charge in [0.25, 0.3) is 0 Å². The molecule has 0 aliphatic rings. The van der Waals surface area contributed by atoms with E-state index in [-0.39, 0.29) is 18.5 Å². The zero-order chi connectivity index (χ0) is 11.4. The molecule has 15 heavy (non-hydrogen) atoms. The third-order valence-corrected chi connectivity index (χ3v) is 1.95. The summed E-state index contributed by atoms with van der Waals surface area (Å²) in [5, 5.41) is 8.99. The smallest absolute Gasteiger partial charge is 0.131 e. The van der Waals surface area contributed by atoms with E-state index in [4.69, 9.17) is 15.6 Å². The zero-order valence-electron chi connectivity index (χ0n) is 8.90. The van der Waals surface area contributed by atoms with Crippen LogP contribution in [0.3, 0.4) is 0 Å². The van der Waals surface area contributed by atoms with Crippen molar-refractivity contribution in [2.75, 3.05) is 6.61 Å². The maximum absolute atomic E-state index is 13.4. The Morgan fingerprint density at radius 1 is 1.47 bits per heavy atom. The first kappa shape index (κ1) is 11.9. The quantitative estimate of drug-likeness (QED) is 0.798. The highest BCUT2D eigenvalue weighted by molar-refractivity contribution is 5.30. The highest BCUT2D eigenvalue weighted by Crippen LogP contribution is 2.20. The molecule has 0 spiro atoms. The molecule has 1 rings (SSSR count). The van der Waals surface area contributed by atoms with Gasteiger partial charge in [-0.05, 0) is 19.9 Å². The fourth-order valence-corrected chi connectivity index (χ4v) is 1.18. The van der Waals surface area contributed by atoms with Crippen LogP contribution in [0.25, 0.3) is 0 Å². The lowest BCUT2D eigenvalue weighted by molar-refractivity contribution is 0.122. The molecular formula is C11H16FNO2. The summed E-state index contributed by atoms with van der Waals surface area (Å²) in [6.45, 7) is 3.47. The van der Waals surface area contributed by atoms with Crippen molar-refractivity contribution in [1.29, 1.82) is 0 Å². The minimum absolute atomic E-state index is 0.150. The van der Waals surface area contributed by atoms with Crippen molar-refractivity contribution in [3.63, 3.8) is 0 Å². The van der Waals surface area contributed by atoms with Crippen LogP contribution in [0, 0.1) is 5.82 Å². The predicted octanol–water partition coefficient (Wildman–Crippen LogP) is 1.60. The van der Waals surface area contributed by atoms with Gasteiger partial charge in [-0.2, -0.15) is 0 Å². The molecule has 0 saturated carbocycles. The van der Waals surface area contributed by atoms with E-state index in [2.05, 4.69) is 0 Å². The number of nitrogens with two attached hydrogens (primary N) is 1. The van der Waals surface area contributed by atoms with Crippen molar-refractivity contribution in [3.8, 4) is 5.75 Å². The van der Waals surface area contributed by atoms with Crippen molar-refractivity contribution in [2.45, 2.75) is 26.0 Å². The predicted molar refractivity (Wildman–Crippen MR) is 56.2 cm³/mol. The highest BCUT2D eigenvalue weighted by atomic mass is 19.1. The first-order chi connectivity index (χ1) is 7.00. The summed E-state index contributed by atoms with van der Waals surface area (Å²) >= 11 is 0. The second kappa shape index (κ2) is 5.09. The van der Waals surface area contributed by atoms with Crippen LogP contribution in [-0.4, -0.2) is 17.8 Å². The molecule has 0 aliphatic carbocycles. The number of halogens is 1. The van der Waals surface area contributed by atoms with Crippen LogP contribution in [0.5, 0.6) is 5.75 Å². The Bertz CT molecular complexity index is 326. The maximum Gasteiger partial charge on any atom is 0.131 e. The Kier molecular flexibility index (Phi) is 4.05. The second-order valence-electron chi connectivity index (χ2n) is 3.63. The number of rotatable bonds is 4. The van der Waals surface area contributed by atoms with E-state index in [9.17, 15) is 4.39 Å². The van der Waals surface area contributed by atoms with E-state index in [1.54, 1.807) is 26.0 Å². The third kappa shape index (κ3) is 3.49. The van der Waals surface area contributed by atoms with Gasteiger partial charge in [0.1, 0.15) is 18.2 Å².